The number of H-pyrrole nitrogens is 1. The summed E-state index contributed by atoms with van der Waals surface area (Å²) >= 11 is 0. The number of aromatic amines is 1. The van der Waals surface area contributed by atoms with Crippen molar-refractivity contribution in [1.82, 2.24) is 15.3 Å². The summed E-state index contributed by atoms with van der Waals surface area (Å²) in [5, 5.41) is 4.14. The number of benzene rings is 1. The van der Waals surface area contributed by atoms with E-state index in [1.807, 2.05) is 24.4 Å². The van der Waals surface area contributed by atoms with E-state index < -0.39 is 0 Å². The Morgan fingerprint density at radius 2 is 2.23 bits per heavy atom. The molecule has 2 aromatic heterocycles. The Balaban J connectivity index is 1.30. The third-order valence-corrected chi connectivity index (χ3v) is 4.53. The molecule has 6 heteroatoms. The lowest BCUT2D eigenvalue weighted by molar-refractivity contribution is 0.0953. The van der Waals surface area contributed by atoms with Crippen LogP contribution in [0, 0.1) is 0 Å². The summed E-state index contributed by atoms with van der Waals surface area (Å²) in [6, 6.07) is 11.6. The van der Waals surface area contributed by atoms with Gasteiger partial charge in [0.15, 0.2) is 0 Å². The molecule has 0 bridgehead atoms. The number of para-hydroxylation sites is 1. The molecule has 0 unspecified atom stereocenters. The number of rotatable bonds is 6. The highest BCUT2D eigenvalue weighted by Gasteiger charge is 2.17. The molecule has 3 aromatic rings. The first-order chi connectivity index (χ1) is 12.8. The van der Waals surface area contributed by atoms with Gasteiger partial charge in [-0.1, -0.05) is 18.2 Å². The normalized spacial score (nSPS) is 16.7. The van der Waals surface area contributed by atoms with Crippen LogP contribution in [0.4, 0.5) is 0 Å². The van der Waals surface area contributed by atoms with Crippen LogP contribution in [0.15, 0.2) is 48.8 Å². The smallest absolute Gasteiger partial charge is 0.252 e. The Morgan fingerprint density at radius 1 is 1.31 bits per heavy atom. The minimum atomic E-state index is -0.131. The van der Waals surface area contributed by atoms with Crippen molar-refractivity contribution < 1.29 is 14.3 Å². The van der Waals surface area contributed by atoms with Gasteiger partial charge >= 0.3 is 0 Å². The maximum absolute atomic E-state index is 12.3. The van der Waals surface area contributed by atoms with E-state index in [2.05, 4.69) is 21.4 Å². The van der Waals surface area contributed by atoms with Crippen molar-refractivity contribution in [3.8, 4) is 5.88 Å². The molecule has 4 rings (SSSR count). The summed E-state index contributed by atoms with van der Waals surface area (Å²) in [7, 11) is 0. The van der Waals surface area contributed by atoms with Gasteiger partial charge in [0.25, 0.3) is 5.91 Å². The van der Waals surface area contributed by atoms with Gasteiger partial charge in [0.05, 0.1) is 18.8 Å². The number of fused-ring (bicyclic) bond motifs is 1. The van der Waals surface area contributed by atoms with Gasteiger partial charge in [-0.2, -0.15) is 0 Å². The van der Waals surface area contributed by atoms with Crippen LogP contribution < -0.4 is 10.1 Å². The summed E-state index contributed by atoms with van der Waals surface area (Å²) in [5.74, 6) is 0.393. The number of carbonyl (C=O) groups excluding carboxylic acids is 1. The van der Waals surface area contributed by atoms with Crippen molar-refractivity contribution in [2.24, 2.45) is 0 Å². The zero-order valence-corrected chi connectivity index (χ0v) is 14.4. The molecule has 1 aliphatic heterocycles. The molecule has 2 N–H and O–H groups in total. The number of carbonyl (C=O) groups is 1. The van der Waals surface area contributed by atoms with E-state index in [9.17, 15) is 4.79 Å². The van der Waals surface area contributed by atoms with E-state index in [0.29, 0.717) is 24.6 Å². The number of nitrogens with one attached hydrogen (secondary N) is 2. The standard InChI is InChI=1S/C20H21N3O3/c24-20(15-5-6-19(23-12-15)26-16-8-10-25-13-16)21-9-7-14-11-22-18-4-2-1-3-17(14)18/h1-6,11-12,16,22H,7-10,13H2,(H,21,24)/t16-/m0/s1. The van der Waals surface area contributed by atoms with Crippen molar-refractivity contribution in [1.29, 1.82) is 0 Å². The first-order valence-corrected chi connectivity index (χ1v) is 8.83. The van der Waals surface area contributed by atoms with Crippen LogP contribution in [0.25, 0.3) is 10.9 Å². The SMILES string of the molecule is O=C(NCCc1c[nH]c2ccccc12)c1ccc(O[C@H]2CCOC2)nc1. The highest BCUT2D eigenvalue weighted by molar-refractivity contribution is 5.94. The molecule has 26 heavy (non-hydrogen) atoms. The predicted octanol–water partition coefficient (Wildman–Crippen LogP) is 2.70. The molecule has 1 saturated heterocycles. The van der Waals surface area contributed by atoms with E-state index in [1.54, 1.807) is 18.3 Å². The highest BCUT2D eigenvalue weighted by Crippen LogP contribution is 2.18. The number of pyridine rings is 1. The maximum Gasteiger partial charge on any atom is 0.252 e. The van der Waals surface area contributed by atoms with E-state index >= 15 is 0 Å². The predicted molar refractivity (Wildman–Crippen MR) is 98.4 cm³/mol. The molecule has 0 spiro atoms. The monoisotopic (exact) mass is 351 g/mol. The first kappa shape index (κ1) is 16.6. The van der Waals surface area contributed by atoms with Crippen LogP contribution in [-0.2, 0) is 11.2 Å². The van der Waals surface area contributed by atoms with E-state index in [1.165, 1.54) is 10.9 Å². The number of nitrogens with zero attached hydrogens (tertiary/aromatic N) is 1. The number of ether oxygens (including phenoxy) is 2. The molecule has 0 saturated carbocycles. The molecule has 3 heterocycles. The van der Waals surface area contributed by atoms with Crippen LogP contribution in [0.1, 0.15) is 22.3 Å². The molecule has 6 nitrogen and oxygen atoms in total. The molecule has 1 fully saturated rings. The minimum absolute atomic E-state index is 0.0540. The zero-order chi connectivity index (χ0) is 17.8. The van der Waals surface area contributed by atoms with Crippen molar-refractivity contribution >= 4 is 16.8 Å². The maximum atomic E-state index is 12.3. The second-order valence-electron chi connectivity index (χ2n) is 6.35. The van der Waals surface area contributed by atoms with Crippen LogP contribution >= 0.6 is 0 Å². The van der Waals surface area contributed by atoms with Crippen LogP contribution in [0.5, 0.6) is 5.88 Å². The van der Waals surface area contributed by atoms with Gasteiger partial charge in [-0.25, -0.2) is 4.98 Å². The Labute approximate surface area is 151 Å². The zero-order valence-electron chi connectivity index (χ0n) is 14.4. The average molecular weight is 351 g/mol. The van der Waals surface area contributed by atoms with Gasteiger partial charge < -0.3 is 19.8 Å². The molecule has 1 aromatic carbocycles. The van der Waals surface area contributed by atoms with Crippen molar-refractivity contribution in [3.63, 3.8) is 0 Å². The average Bonchev–Trinajstić information content (AvgIpc) is 3.32. The summed E-state index contributed by atoms with van der Waals surface area (Å²) < 4.78 is 11.0. The van der Waals surface area contributed by atoms with Crippen molar-refractivity contribution in [2.45, 2.75) is 18.9 Å². The van der Waals surface area contributed by atoms with Gasteiger partial charge in [0, 0.05) is 42.3 Å². The van der Waals surface area contributed by atoms with Crippen LogP contribution in [0.3, 0.4) is 0 Å². The molecule has 1 amide bonds. The van der Waals surface area contributed by atoms with Gasteiger partial charge in [-0.3, -0.25) is 4.79 Å². The van der Waals surface area contributed by atoms with E-state index in [-0.39, 0.29) is 12.0 Å². The van der Waals surface area contributed by atoms with Crippen LogP contribution in [0.2, 0.25) is 0 Å². The van der Waals surface area contributed by atoms with E-state index in [4.69, 9.17) is 9.47 Å². The lowest BCUT2D eigenvalue weighted by Gasteiger charge is -2.11. The fourth-order valence-corrected chi connectivity index (χ4v) is 3.11. The first-order valence-electron chi connectivity index (χ1n) is 8.83. The van der Waals surface area contributed by atoms with Crippen LogP contribution in [-0.4, -0.2) is 41.7 Å². The number of hydrogen-bond acceptors (Lipinski definition) is 4. The summed E-state index contributed by atoms with van der Waals surface area (Å²) in [4.78, 5) is 19.7. The summed E-state index contributed by atoms with van der Waals surface area (Å²) in [6.45, 7) is 1.89. The van der Waals surface area contributed by atoms with Gasteiger partial charge in [-0.15, -0.1) is 0 Å². The summed E-state index contributed by atoms with van der Waals surface area (Å²) in [6.07, 6.45) is 5.24. The van der Waals surface area contributed by atoms with Crippen molar-refractivity contribution in [3.05, 3.63) is 59.9 Å². The fraction of sp³-hybridized carbons (Fsp3) is 0.300. The topological polar surface area (TPSA) is 76.2 Å². The Kier molecular flexibility index (Phi) is 4.84. The molecule has 134 valence electrons. The minimum Gasteiger partial charge on any atom is -0.472 e. The number of aromatic nitrogens is 2. The Morgan fingerprint density at radius 3 is 3.04 bits per heavy atom. The Hall–Kier alpha value is -2.86. The third kappa shape index (κ3) is 3.70. The largest absolute Gasteiger partial charge is 0.472 e. The summed E-state index contributed by atoms with van der Waals surface area (Å²) in [5.41, 5.74) is 2.83. The lowest BCUT2D eigenvalue weighted by atomic mass is 10.1. The van der Waals surface area contributed by atoms with Crippen molar-refractivity contribution in [2.75, 3.05) is 19.8 Å². The molecular formula is C20H21N3O3. The second-order valence-corrected chi connectivity index (χ2v) is 6.35. The lowest BCUT2D eigenvalue weighted by Crippen LogP contribution is -2.25. The quantitative estimate of drug-likeness (QED) is 0.716. The second kappa shape index (κ2) is 7.58. The molecular weight excluding hydrogens is 330 g/mol. The molecule has 0 aliphatic carbocycles. The molecule has 1 atom stereocenters. The molecule has 0 radical (unpaired) electrons. The van der Waals surface area contributed by atoms with E-state index in [0.717, 1.165) is 25.0 Å². The highest BCUT2D eigenvalue weighted by atomic mass is 16.5. The van der Waals surface area contributed by atoms with Gasteiger partial charge in [0.2, 0.25) is 5.88 Å². The third-order valence-electron chi connectivity index (χ3n) is 4.53. The Bertz CT molecular complexity index is 883. The number of hydrogen-bond donors (Lipinski definition) is 2. The molecule has 1 aliphatic rings. The van der Waals surface area contributed by atoms with Gasteiger partial charge in [-0.05, 0) is 24.1 Å². The fourth-order valence-electron chi connectivity index (χ4n) is 3.11. The van der Waals surface area contributed by atoms with Gasteiger partial charge in [0.1, 0.15) is 6.10 Å². The number of amides is 1.